The van der Waals surface area contributed by atoms with Crippen molar-refractivity contribution in [3.05, 3.63) is 0 Å². The number of amides is 2. The van der Waals surface area contributed by atoms with Crippen molar-refractivity contribution >= 4 is 11.8 Å². The fraction of sp³-hybridized carbons (Fsp3) is 0.867. The molecule has 2 N–H and O–H groups in total. The van der Waals surface area contributed by atoms with Gasteiger partial charge in [-0.05, 0) is 33.4 Å². The SMILES string of the molecule is CC(=O)NCCCCCC(=O)N1CC(O)CC1CN(C)C. The minimum atomic E-state index is -0.390. The molecule has 0 aromatic heterocycles. The molecule has 122 valence electrons. The lowest BCUT2D eigenvalue weighted by Crippen LogP contribution is -2.41. The molecule has 2 amide bonds. The first-order chi connectivity index (χ1) is 9.90. The molecule has 6 nitrogen and oxygen atoms in total. The van der Waals surface area contributed by atoms with E-state index in [2.05, 4.69) is 10.2 Å². The van der Waals surface area contributed by atoms with Crippen molar-refractivity contribution < 1.29 is 14.7 Å². The van der Waals surface area contributed by atoms with Crippen LogP contribution in [0.3, 0.4) is 0 Å². The molecule has 1 fully saturated rings. The Balaban J connectivity index is 2.25. The predicted molar refractivity (Wildman–Crippen MR) is 81.8 cm³/mol. The molecule has 0 aromatic carbocycles. The molecule has 0 spiro atoms. The minimum Gasteiger partial charge on any atom is -0.391 e. The van der Waals surface area contributed by atoms with Crippen LogP contribution in [-0.4, -0.2) is 72.6 Å². The Hall–Kier alpha value is -1.14. The average molecular weight is 299 g/mol. The van der Waals surface area contributed by atoms with Gasteiger partial charge < -0.3 is 20.2 Å². The monoisotopic (exact) mass is 299 g/mol. The maximum absolute atomic E-state index is 12.3. The van der Waals surface area contributed by atoms with Gasteiger partial charge in [0.15, 0.2) is 0 Å². The van der Waals surface area contributed by atoms with Crippen molar-refractivity contribution in [2.45, 2.75) is 51.2 Å². The number of rotatable bonds is 8. The summed E-state index contributed by atoms with van der Waals surface area (Å²) in [6.07, 6.45) is 3.47. The maximum atomic E-state index is 12.3. The van der Waals surface area contributed by atoms with Crippen LogP contribution in [0.4, 0.5) is 0 Å². The Kier molecular flexibility index (Phi) is 7.67. The van der Waals surface area contributed by atoms with Crippen LogP contribution in [-0.2, 0) is 9.59 Å². The van der Waals surface area contributed by atoms with Gasteiger partial charge in [0.2, 0.25) is 11.8 Å². The third-order valence-electron chi connectivity index (χ3n) is 3.73. The number of aliphatic hydroxyl groups excluding tert-OH is 1. The van der Waals surface area contributed by atoms with Crippen molar-refractivity contribution in [3.8, 4) is 0 Å². The van der Waals surface area contributed by atoms with Crippen molar-refractivity contribution in [1.82, 2.24) is 15.1 Å². The lowest BCUT2D eigenvalue weighted by molar-refractivity contribution is -0.132. The Bertz CT molecular complexity index is 347. The number of hydrogen-bond donors (Lipinski definition) is 2. The van der Waals surface area contributed by atoms with Gasteiger partial charge in [-0.25, -0.2) is 0 Å². The van der Waals surface area contributed by atoms with E-state index in [1.807, 2.05) is 19.0 Å². The molecule has 21 heavy (non-hydrogen) atoms. The van der Waals surface area contributed by atoms with Gasteiger partial charge in [0.05, 0.1) is 6.10 Å². The van der Waals surface area contributed by atoms with Gasteiger partial charge in [-0.2, -0.15) is 0 Å². The molecule has 6 heteroatoms. The first kappa shape index (κ1) is 17.9. The molecular weight excluding hydrogens is 270 g/mol. The smallest absolute Gasteiger partial charge is 0.222 e. The highest BCUT2D eigenvalue weighted by molar-refractivity contribution is 5.77. The van der Waals surface area contributed by atoms with Crippen LogP contribution in [0.1, 0.15) is 39.0 Å². The molecule has 1 aliphatic rings. The highest BCUT2D eigenvalue weighted by Gasteiger charge is 2.33. The van der Waals surface area contributed by atoms with Gasteiger partial charge in [0, 0.05) is 39.0 Å². The number of carbonyl (C=O) groups excluding carboxylic acids is 2. The van der Waals surface area contributed by atoms with Crippen LogP contribution in [0.25, 0.3) is 0 Å². The summed E-state index contributed by atoms with van der Waals surface area (Å²) in [5, 5.41) is 12.5. The van der Waals surface area contributed by atoms with Crippen molar-refractivity contribution in [2.24, 2.45) is 0 Å². The molecule has 2 atom stereocenters. The number of likely N-dealkylation sites (N-methyl/N-ethyl adjacent to an activating group) is 1. The first-order valence-corrected chi connectivity index (χ1v) is 7.77. The molecule has 2 unspecified atom stereocenters. The van der Waals surface area contributed by atoms with Gasteiger partial charge in [0.1, 0.15) is 0 Å². The van der Waals surface area contributed by atoms with E-state index in [0.29, 0.717) is 25.9 Å². The Morgan fingerprint density at radius 1 is 1.29 bits per heavy atom. The minimum absolute atomic E-state index is 0.0105. The zero-order valence-electron chi connectivity index (χ0n) is 13.5. The zero-order valence-corrected chi connectivity index (χ0v) is 13.5. The topological polar surface area (TPSA) is 72.9 Å². The van der Waals surface area contributed by atoms with Gasteiger partial charge in [-0.1, -0.05) is 6.42 Å². The maximum Gasteiger partial charge on any atom is 0.222 e. The van der Waals surface area contributed by atoms with Crippen LogP contribution < -0.4 is 5.32 Å². The summed E-state index contributed by atoms with van der Waals surface area (Å²) in [5.74, 6) is 0.126. The normalized spacial score (nSPS) is 21.9. The molecule has 0 aromatic rings. The highest BCUT2D eigenvalue weighted by atomic mass is 16.3. The molecule has 0 bridgehead atoms. The van der Waals surface area contributed by atoms with E-state index in [9.17, 15) is 14.7 Å². The van der Waals surface area contributed by atoms with Gasteiger partial charge in [0.25, 0.3) is 0 Å². The van der Waals surface area contributed by atoms with Gasteiger partial charge in [-0.15, -0.1) is 0 Å². The van der Waals surface area contributed by atoms with Gasteiger partial charge >= 0.3 is 0 Å². The van der Waals surface area contributed by atoms with E-state index in [0.717, 1.165) is 25.8 Å². The number of aliphatic hydroxyl groups is 1. The van der Waals surface area contributed by atoms with Crippen molar-refractivity contribution in [3.63, 3.8) is 0 Å². The molecular formula is C15H29N3O3. The van der Waals surface area contributed by atoms with E-state index in [-0.39, 0.29) is 17.9 Å². The quantitative estimate of drug-likeness (QED) is 0.628. The Morgan fingerprint density at radius 2 is 2.00 bits per heavy atom. The third-order valence-corrected chi connectivity index (χ3v) is 3.73. The van der Waals surface area contributed by atoms with Crippen molar-refractivity contribution in [1.29, 1.82) is 0 Å². The first-order valence-electron chi connectivity index (χ1n) is 7.77. The summed E-state index contributed by atoms with van der Waals surface area (Å²) in [7, 11) is 3.96. The van der Waals surface area contributed by atoms with E-state index in [4.69, 9.17) is 0 Å². The molecule has 1 heterocycles. The zero-order chi connectivity index (χ0) is 15.8. The van der Waals surface area contributed by atoms with Crippen LogP contribution >= 0.6 is 0 Å². The number of hydrogen-bond acceptors (Lipinski definition) is 4. The largest absolute Gasteiger partial charge is 0.391 e. The average Bonchev–Trinajstić information content (AvgIpc) is 2.73. The van der Waals surface area contributed by atoms with Crippen LogP contribution in [0.15, 0.2) is 0 Å². The Morgan fingerprint density at radius 3 is 2.62 bits per heavy atom. The molecule has 0 saturated carbocycles. The second-order valence-electron chi connectivity index (χ2n) is 6.15. The highest BCUT2D eigenvalue weighted by Crippen LogP contribution is 2.20. The van der Waals surface area contributed by atoms with E-state index in [1.54, 1.807) is 0 Å². The second-order valence-corrected chi connectivity index (χ2v) is 6.15. The fourth-order valence-electron chi connectivity index (χ4n) is 2.78. The predicted octanol–water partition coefficient (Wildman–Crippen LogP) is 0.206. The summed E-state index contributed by atoms with van der Waals surface area (Å²) in [6, 6.07) is 0.127. The van der Waals surface area contributed by atoms with Crippen molar-refractivity contribution in [2.75, 3.05) is 33.7 Å². The lowest BCUT2D eigenvalue weighted by atomic mass is 10.1. The summed E-state index contributed by atoms with van der Waals surface area (Å²) in [5.41, 5.74) is 0. The third kappa shape index (κ3) is 6.91. The summed E-state index contributed by atoms with van der Waals surface area (Å²) < 4.78 is 0. The second kappa shape index (κ2) is 9.00. The summed E-state index contributed by atoms with van der Waals surface area (Å²) in [4.78, 5) is 26.8. The molecule has 0 radical (unpaired) electrons. The standard InChI is InChI=1S/C15H29N3O3/c1-12(19)16-8-6-4-5-7-15(21)18-11-14(20)9-13(18)10-17(2)3/h13-14,20H,4-11H2,1-3H3,(H,16,19). The molecule has 1 rings (SSSR count). The number of nitrogens with zero attached hydrogens (tertiary/aromatic N) is 2. The number of likely N-dealkylation sites (tertiary alicyclic amines) is 1. The van der Waals surface area contributed by atoms with Gasteiger partial charge in [-0.3, -0.25) is 9.59 Å². The molecule has 0 aliphatic carbocycles. The number of carbonyl (C=O) groups is 2. The lowest BCUT2D eigenvalue weighted by Gasteiger charge is -2.26. The molecule has 1 aliphatic heterocycles. The van der Waals surface area contributed by atoms with Crippen LogP contribution in [0.5, 0.6) is 0 Å². The van der Waals surface area contributed by atoms with E-state index < -0.39 is 6.10 Å². The van der Waals surface area contributed by atoms with Crippen LogP contribution in [0, 0.1) is 0 Å². The number of β-amino-alcohol motifs (C(OH)–C–C–N with tert-alkyl or cyclic N) is 1. The van der Waals surface area contributed by atoms with Crippen LogP contribution in [0.2, 0.25) is 0 Å². The number of unbranched alkanes of at least 4 members (excludes halogenated alkanes) is 2. The van der Waals surface area contributed by atoms with E-state index in [1.165, 1.54) is 6.92 Å². The molecule has 1 saturated heterocycles. The van der Waals surface area contributed by atoms with E-state index >= 15 is 0 Å². The number of nitrogens with one attached hydrogen (secondary N) is 1. The summed E-state index contributed by atoms with van der Waals surface area (Å²) >= 11 is 0. The summed E-state index contributed by atoms with van der Waals surface area (Å²) in [6.45, 7) is 3.44. The fourth-order valence-corrected chi connectivity index (χ4v) is 2.78. The Labute approximate surface area is 127 Å².